The zero-order valence-corrected chi connectivity index (χ0v) is 8.34. The van der Waals surface area contributed by atoms with Crippen LogP contribution in [0.5, 0.6) is 5.75 Å². The van der Waals surface area contributed by atoms with Gasteiger partial charge in [0.15, 0.2) is 0 Å². The fraction of sp³-hybridized carbons (Fsp3) is 0.0833. The summed E-state index contributed by atoms with van der Waals surface area (Å²) in [7, 11) is 1.62. The van der Waals surface area contributed by atoms with Crippen molar-refractivity contribution in [1.29, 1.82) is 0 Å². The summed E-state index contributed by atoms with van der Waals surface area (Å²) in [5.41, 5.74) is 1.46. The zero-order valence-electron chi connectivity index (χ0n) is 8.34. The van der Waals surface area contributed by atoms with Crippen LogP contribution in [0, 0.1) is 6.57 Å². The minimum atomic E-state index is 0.618. The van der Waals surface area contributed by atoms with Gasteiger partial charge in [0.2, 0.25) is 5.69 Å². The van der Waals surface area contributed by atoms with Gasteiger partial charge in [0, 0.05) is 12.4 Å². The van der Waals surface area contributed by atoms with Crippen molar-refractivity contribution in [3.63, 3.8) is 0 Å². The van der Waals surface area contributed by atoms with Gasteiger partial charge in [-0.3, -0.25) is 0 Å². The first-order valence-corrected chi connectivity index (χ1v) is 4.54. The molecule has 0 aliphatic rings. The summed E-state index contributed by atoms with van der Waals surface area (Å²) in [4.78, 5) is 3.48. The van der Waals surface area contributed by atoms with E-state index in [4.69, 9.17) is 11.3 Å². The highest BCUT2D eigenvalue weighted by Gasteiger charge is 2.04. The zero-order chi connectivity index (χ0) is 10.7. The van der Waals surface area contributed by atoms with Crippen LogP contribution >= 0.6 is 0 Å². The molecule has 0 radical (unpaired) electrons. The summed E-state index contributed by atoms with van der Waals surface area (Å²) in [6, 6.07) is 9.26. The quantitative estimate of drug-likeness (QED) is 0.678. The Morgan fingerprint density at radius 3 is 2.60 bits per heavy atom. The van der Waals surface area contributed by atoms with E-state index in [0.29, 0.717) is 5.69 Å². The van der Waals surface area contributed by atoms with Gasteiger partial charge in [0.1, 0.15) is 5.75 Å². The van der Waals surface area contributed by atoms with Gasteiger partial charge in [-0.1, -0.05) is 6.07 Å². The molecule has 0 atom stereocenters. The first-order valence-electron chi connectivity index (χ1n) is 4.54. The lowest BCUT2D eigenvalue weighted by Crippen LogP contribution is -1.91. The average Bonchev–Trinajstić information content (AvgIpc) is 2.81. The lowest BCUT2D eigenvalue weighted by atomic mass is 10.2. The summed E-state index contributed by atoms with van der Waals surface area (Å²) < 4.78 is 7.03. The molecule has 3 nitrogen and oxygen atoms in total. The Morgan fingerprint density at radius 1 is 1.27 bits per heavy atom. The van der Waals surface area contributed by atoms with Gasteiger partial charge in [-0.15, -0.1) is 0 Å². The van der Waals surface area contributed by atoms with Gasteiger partial charge >= 0.3 is 0 Å². The summed E-state index contributed by atoms with van der Waals surface area (Å²) in [6.45, 7) is 7.09. The summed E-state index contributed by atoms with van der Waals surface area (Å²) in [5.74, 6) is 0.756. The number of methoxy groups -OCH3 is 1. The fourth-order valence-corrected chi connectivity index (χ4v) is 1.43. The molecule has 0 aliphatic carbocycles. The molecule has 0 unspecified atom stereocenters. The maximum absolute atomic E-state index is 7.09. The highest BCUT2D eigenvalue weighted by molar-refractivity contribution is 5.64. The van der Waals surface area contributed by atoms with Gasteiger partial charge in [-0.2, -0.15) is 0 Å². The minimum absolute atomic E-state index is 0.618. The third-order valence-corrected chi connectivity index (χ3v) is 2.19. The molecular formula is C12H10N2O. The number of ether oxygens (including phenoxy) is 1. The summed E-state index contributed by atoms with van der Waals surface area (Å²) in [5, 5.41) is 0. The Morgan fingerprint density at radius 2 is 2.00 bits per heavy atom. The van der Waals surface area contributed by atoms with Crippen molar-refractivity contribution in [3.8, 4) is 11.4 Å². The molecule has 0 saturated heterocycles. The second kappa shape index (κ2) is 3.89. The molecule has 0 bridgehead atoms. The molecule has 15 heavy (non-hydrogen) atoms. The minimum Gasteiger partial charge on any atom is -0.497 e. The van der Waals surface area contributed by atoms with E-state index >= 15 is 0 Å². The number of hydrogen-bond acceptors (Lipinski definition) is 1. The van der Waals surface area contributed by atoms with Crippen LogP contribution in [0.4, 0.5) is 5.69 Å². The van der Waals surface area contributed by atoms with E-state index < -0.39 is 0 Å². The van der Waals surface area contributed by atoms with Gasteiger partial charge < -0.3 is 9.30 Å². The average molecular weight is 198 g/mol. The fourth-order valence-electron chi connectivity index (χ4n) is 1.43. The Bertz CT molecular complexity index is 495. The highest BCUT2D eigenvalue weighted by Crippen LogP contribution is 2.27. The first-order chi connectivity index (χ1) is 7.35. The lowest BCUT2D eigenvalue weighted by molar-refractivity contribution is 0.414. The first kappa shape index (κ1) is 9.35. The number of benzene rings is 1. The Balaban J connectivity index is 2.58. The van der Waals surface area contributed by atoms with E-state index in [-0.39, 0.29) is 0 Å². The topological polar surface area (TPSA) is 18.5 Å². The molecule has 1 aromatic carbocycles. The van der Waals surface area contributed by atoms with E-state index in [1.165, 1.54) is 0 Å². The maximum Gasteiger partial charge on any atom is 0.210 e. The standard InChI is InChI=1S/C12H10N2O/c1-13-11-6-5-10(15-2)9-12(11)14-7-3-4-8-14/h3-9H,2H3. The molecule has 2 aromatic rings. The third kappa shape index (κ3) is 1.70. The molecular weight excluding hydrogens is 188 g/mol. The van der Waals surface area contributed by atoms with E-state index in [1.54, 1.807) is 19.2 Å². The molecule has 74 valence electrons. The largest absolute Gasteiger partial charge is 0.497 e. The molecule has 0 N–H and O–H groups in total. The van der Waals surface area contributed by atoms with Gasteiger partial charge in [-0.25, -0.2) is 4.85 Å². The van der Waals surface area contributed by atoms with Crippen molar-refractivity contribution in [2.24, 2.45) is 0 Å². The van der Waals surface area contributed by atoms with E-state index in [9.17, 15) is 0 Å². The normalized spacial score (nSPS) is 9.60. The smallest absolute Gasteiger partial charge is 0.210 e. The molecule has 0 saturated carbocycles. The van der Waals surface area contributed by atoms with E-state index in [2.05, 4.69) is 4.85 Å². The van der Waals surface area contributed by atoms with Crippen LogP contribution in [0.25, 0.3) is 10.5 Å². The number of rotatable bonds is 2. The second-order valence-corrected chi connectivity index (χ2v) is 3.06. The molecule has 2 rings (SSSR count). The second-order valence-electron chi connectivity index (χ2n) is 3.06. The van der Waals surface area contributed by atoms with Crippen molar-refractivity contribution >= 4 is 5.69 Å². The summed E-state index contributed by atoms with van der Waals surface area (Å²) >= 11 is 0. The van der Waals surface area contributed by atoms with Crippen LogP contribution in [-0.4, -0.2) is 11.7 Å². The van der Waals surface area contributed by atoms with E-state index in [1.807, 2.05) is 35.2 Å². The Kier molecular flexibility index (Phi) is 2.42. The van der Waals surface area contributed by atoms with Crippen LogP contribution in [0.15, 0.2) is 42.7 Å². The summed E-state index contributed by atoms with van der Waals surface area (Å²) in [6.07, 6.45) is 3.81. The van der Waals surface area contributed by atoms with Gasteiger partial charge in [0.25, 0.3) is 0 Å². The molecule has 0 amide bonds. The molecule has 0 fully saturated rings. The van der Waals surface area contributed by atoms with Crippen LogP contribution < -0.4 is 4.74 Å². The molecule has 0 spiro atoms. The van der Waals surface area contributed by atoms with Crippen LogP contribution in [0.1, 0.15) is 0 Å². The van der Waals surface area contributed by atoms with Gasteiger partial charge in [-0.05, 0) is 24.3 Å². The predicted molar refractivity (Wildman–Crippen MR) is 58.6 cm³/mol. The predicted octanol–water partition coefficient (Wildman–Crippen LogP) is 3.04. The van der Waals surface area contributed by atoms with E-state index in [0.717, 1.165) is 11.4 Å². The van der Waals surface area contributed by atoms with Crippen molar-refractivity contribution in [2.75, 3.05) is 7.11 Å². The Hall–Kier alpha value is -2.21. The lowest BCUT2D eigenvalue weighted by Gasteiger charge is -2.07. The SMILES string of the molecule is [C-]#[N+]c1ccc(OC)cc1-n1cccc1. The molecule has 0 aliphatic heterocycles. The van der Waals surface area contributed by atoms with Crippen LogP contribution in [0.3, 0.4) is 0 Å². The van der Waals surface area contributed by atoms with Crippen molar-refractivity contribution in [3.05, 3.63) is 54.1 Å². The monoisotopic (exact) mass is 198 g/mol. The highest BCUT2D eigenvalue weighted by atomic mass is 16.5. The van der Waals surface area contributed by atoms with Crippen molar-refractivity contribution in [2.45, 2.75) is 0 Å². The van der Waals surface area contributed by atoms with Gasteiger partial charge in [0.05, 0.1) is 19.4 Å². The van der Waals surface area contributed by atoms with Crippen LogP contribution in [0.2, 0.25) is 0 Å². The van der Waals surface area contributed by atoms with Crippen LogP contribution in [-0.2, 0) is 0 Å². The number of nitrogens with zero attached hydrogens (tertiary/aromatic N) is 2. The Labute approximate surface area is 88.4 Å². The van der Waals surface area contributed by atoms with Crippen molar-refractivity contribution in [1.82, 2.24) is 4.57 Å². The number of hydrogen-bond donors (Lipinski definition) is 0. The third-order valence-electron chi connectivity index (χ3n) is 2.19. The number of aromatic nitrogens is 1. The van der Waals surface area contributed by atoms with Crippen molar-refractivity contribution < 1.29 is 4.74 Å². The molecule has 1 aromatic heterocycles. The maximum atomic E-state index is 7.09. The molecule has 1 heterocycles. The molecule has 3 heteroatoms.